The summed E-state index contributed by atoms with van der Waals surface area (Å²) in [5.74, 6) is 0.183. The third-order valence-electron chi connectivity index (χ3n) is 3.81. The molecule has 0 radical (unpaired) electrons. The number of aliphatic imine (C=N–C) groups is 1. The fourth-order valence-electron chi connectivity index (χ4n) is 2.74. The zero-order valence-electron chi connectivity index (χ0n) is 17.3. The van der Waals surface area contributed by atoms with E-state index in [1.165, 1.54) is 24.4 Å². The number of hydrogen-bond donors (Lipinski definition) is 2. The van der Waals surface area contributed by atoms with Gasteiger partial charge < -0.3 is 25.2 Å². The van der Waals surface area contributed by atoms with Crippen molar-refractivity contribution in [2.75, 3.05) is 38.3 Å². The largest absolute Gasteiger partial charge is 0.489 e. The van der Waals surface area contributed by atoms with Crippen LogP contribution >= 0.6 is 0 Å². The fraction of sp³-hybridized carbons (Fsp3) is 0.300. The van der Waals surface area contributed by atoms with Crippen molar-refractivity contribution in [2.45, 2.75) is 13.0 Å². The molecule has 0 saturated heterocycles. The number of guanidine groups is 1. The monoisotopic (exact) mass is 413 g/mol. The maximum Gasteiger partial charge on any atom is 0.323 e. The molecule has 1 atom stereocenters. The lowest BCUT2D eigenvalue weighted by atomic mass is 10.2. The minimum atomic E-state index is -0.551. The number of likely N-dealkylation sites (N-methyl/N-ethyl adjacent to an activating group) is 1. The van der Waals surface area contributed by atoms with Gasteiger partial charge in [0.05, 0.1) is 18.4 Å². The number of amides is 2. The second-order valence-electron chi connectivity index (χ2n) is 6.71. The van der Waals surface area contributed by atoms with Crippen molar-refractivity contribution in [3.05, 3.63) is 48.5 Å². The average molecular weight is 413 g/mol. The Balaban J connectivity index is 2.01. The fourth-order valence-corrected chi connectivity index (χ4v) is 2.74. The number of carbonyl (C=O) groups is 1. The van der Waals surface area contributed by atoms with Crippen LogP contribution in [0.5, 0.6) is 5.75 Å². The number of halogens is 1. The number of rotatable bonds is 6. The molecule has 0 bridgehead atoms. The molecule has 2 amide bonds. The van der Waals surface area contributed by atoms with E-state index in [-0.39, 0.29) is 17.5 Å². The highest BCUT2D eigenvalue weighted by Crippen LogP contribution is 2.22. The topological polar surface area (TPSA) is 106 Å². The van der Waals surface area contributed by atoms with Crippen LogP contribution in [-0.4, -0.2) is 60.6 Å². The van der Waals surface area contributed by atoms with Crippen LogP contribution in [0.3, 0.4) is 0 Å². The Kier molecular flexibility index (Phi) is 7.93. The lowest BCUT2D eigenvalue weighted by molar-refractivity contribution is 0.187. The Labute approximate surface area is 174 Å². The third kappa shape index (κ3) is 6.94. The molecule has 0 aliphatic rings. The lowest BCUT2D eigenvalue weighted by Gasteiger charge is -2.28. The highest BCUT2D eigenvalue weighted by Gasteiger charge is 2.15. The van der Waals surface area contributed by atoms with Gasteiger partial charge in [0, 0.05) is 45.2 Å². The lowest BCUT2D eigenvalue weighted by Crippen LogP contribution is -2.42. The molecule has 0 aliphatic heterocycles. The Bertz CT molecular complexity index is 928. The Morgan fingerprint density at radius 3 is 2.67 bits per heavy atom. The summed E-state index contributed by atoms with van der Waals surface area (Å²) >= 11 is 0. The average Bonchev–Trinajstić information content (AvgIpc) is 2.65. The van der Waals surface area contributed by atoms with E-state index in [9.17, 15) is 9.18 Å². The highest BCUT2D eigenvalue weighted by atomic mass is 19.1. The standard InChI is InChI=1S/C20H24FN7O2/c1-14(12-28(4)20(24-13-22)27(2)3)30-18-9-15(21)8-17(10-18)26-19(29)25-16-6-5-7-23-11-16/h5-11,14H,12H2,1-4H3,(H2,25,26,29)/b24-20-/t14-/m0/s1. The van der Waals surface area contributed by atoms with Crippen LogP contribution in [0.2, 0.25) is 0 Å². The number of anilines is 2. The summed E-state index contributed by atoms with van der Waals surface area (Å²) in [6, 6.07) is 6.79. The maximum atomic E-state index is 14.0. The van der Waals surface area contributed by atoms with Gasteiger partial charge in [0.1, 0.15) is 17.7 Å². The first kappa shape index (κ1) is 22.4. The number of nitrogens with zero attached hydrogens (tertiary/aromatic N) is 5. The summed E-state index contributed by atoms with van der Waals surface area (Å²) < 4.78 is 19.8. The molecular weight excluding hydrogens is 389 g/mol. The van der Waals surface area contributed by atoms with Crippen molar-refractivity contribution in [2.24, 2.45) is 4.99 Å². The van der Waals surface area contributed by atoms with Crippen LogP contribution in [0, 0.1) is 17.3 Å². The second-order valence-corrected chi connectivity index (χ2v) is 6.71. The van der Waals surface area contributed by atoms with E-state index in [2.05, 4.69) is 20.6 Å². The number of pyridine rings is 1. The van der Waals surface area contributed by atoms with Gasteiger partial charge in [-0.15, -0.1) is 4.99 Å². The van der Waals surface area contributed by atoms with Crippen LogP contribution < -0.4 is 15.4 Å². The van der Waals surface area contributed by atoms with Gasteiger partial charge in [-0.3, -0.25) is 4.98 Å². The van der Waals surface area contributed by atoms with Gasteiger partial charge in [0.2, 0.25) is 12.2 Å². The van der Waals surface area contributed by atoms with Crippen molar-refractivity contribution in [1.82, 2.24) is 14.8 Å². The van der Waals surface area contributed by atoms with Gasteiger partial charge in [-0.25, -0.2) is 9.18 Å². The molecule has 0 saturated carbocycles. The molecule has 1 aromatic heterocycles. The molecule has 2 N–H and O–H groups in total. The van der Waals surface area contributed by atoms with Gasteiger partial charge in [0.15, 0.2) is 0 Å². The first-order chi connectivity index (χ1) is 14.3. The minimum Gasteiger partial charge on any atom is -0.489 e. The molecule has 1 aromatic carbocycles. The van der Waals surface area contributed by atoms with E-state index >= 15 is 0 Å². The Hall–Kier alpha value is -3.87. The number of nitrogens with one attached hydrogen (secondary N) is 2. The predicted molar refractivity (Wildman–Crippen MR) is 113 cm³/mol. The Morgan fingerprint density at radius 2 is 2.03 bits per heavy atom. The highest BCUT2D eigenvalue weighted by molar-refractivity contribution is 5.99. The SMILES string of the molecule is C[C@@H](CN(C)/C(=N\C#N)N(C)C)Oc1cc(F)cc(NC(=O)Nc2cccnc2)c1. The van der Waals surface area contributed by atoms with E-state index < -0.39 is 11.8 Å². The number of urea groups is 1. The molecule has 9 nitrogen and oxygen atoms in total. The maximum absolute atomic E-state index is 14.0. The molecule has 2 rings (SSSR count). The summed E-state index contributed by atoms with van der Waals surface area (Å²) in [6.45, 7) is 2.21. The van der Waals surface area contributed by atoms with Gasteiger partial charge >= 0.3 is 6.03 Å². The van der Waals surface area contributed by atoms with Crippen LogP contribution in [0.15, 0.2) is 47.7 Å². The van der Waals surface area contributed by atoms with E-state index in [0.29, 0.717) is 18.2 Å². The van der Waals surface area contributed by atoms with Crippen molar-refractivity contribution in [3.8, 4) is 11.9 Å². The van der Waals surface area contributed by atoms with Crippen molar-refractivity contribution >= 4 is 23.4 Å². The first-order valence-electron chi connectivity index (χ1n) is 9.09. The molecule has 1 heterocycles. The van der Waals surface area contributed by atoms with E-state index in [4.69, 9.17) is 10.00 Å². The van der Waals surface area contributed by atoms with E-state index in [1.54, 1.807) is 55.5 Å². The van der Waals surface area contributed by atoms with Crippen molar-refractivity contribution in [1.29, 1.82) is 5.26 Å². The number of nitriles is 1. The van der Waals surface area contributed by atoms with Crippen LogP contribution in [0.25, 0.3) is 0 Å². The number of aromatic nitrogens is 1. The first-order valence-corrected chi connectivity index (χ1v) is 9.09. The Morgan fingerprint density at radius 1 is 1.30 bits per heavy atom. The van der Waals surface area contributed by atoms with Crippen LogP contribution in [-0.2, 0) is 0 Å². The quantitative estimate of drug-likeness (QED) is 0.428. The number of hydrogen-bond acceptors (Lipinski definition) is 5. The minimum absolute atomic E-state index is 0.243. The molecule has 10 heteroatoms. The number of ether oxygens (including phenoxy) is 1. The molecular formula is C20H24FN7O2. The van der Waals surface area contributed by atoms with Crippen LogP contribution in [0.4, 0.5) is 20.6 Å². The second kappa shape index (κ2) is 10.6. The van der Waals surface area contributed by atoms with Gasteiger partial charge in [0.25, 0.3) is 0 Å². The molecule has 0 spiro atoms. The van der Waals surface area contributed by atoms with E-state index in [1.807, 2.05) is 6.92 Å². The summed E-state index contributed by atoms with van der Waals surface area (Å²) in [7, 11) is 5.33. The molecule has 30 heavy (non-hydrogen) atoms. The van der Waals surface area contributed by atoms with Crippen molar-refractivity contribution < 1.29 is 13.9 Å². The normalized spacial score (nSPS) is 11.8. The zero-order chi connectivity index (χ0) is 22.1. The summed E-state index contributed by atoms with van der Waals surface area (Å²) in [4.78, 5) is 23.3. The smallest absolute Gasteiger partial charge is 0.323 e. The van der Waals surface area contributed by atoms with Gasteiger partial charge in [-0.2, -0.15) is 5.26 Å². The molecule has 0 fully saturated rings. The van der Waals surface area contributed by atoms with Gasteiger partial charge in [-0.05, 0) is 25.1 Å². The number of carbonyl (C=O) groups excluding carboxylic acids is 1. The van der Waals surface area contributed by atoms with Crippen molar-refractivity contribution in [3.63, 3.8) is 0 Å². The molecule has 0 aliphatic carbocycles. The molecule has 158 valence electrons. The number of benzene rings is 1. The van der Waals surface area contributed by atoms with Crippen LogP contribution in [0.1, 0.15) is 6.92 Å². The summed E-state index contributed by atoms with van der Waals surface area (Å²) in [5.41, 5.74) is 0.752. The predicted octanol–water partition coefficient (Wildman–Crippen LogP) is 2.96. The van der Waals surface area contributed by atoms with Gasteiger partial charge in [-0.1, -0.05) is 0 Å². The van der Waals surface area contributed by atoms with E-state index in [0.717, 1.165) is 0 Å². The third-order valence-corrected chi connectivity index (χ3v) is 3.81. The molecule has 2 aromatic rings. The summed E-state index contributed by atoms with van der Waals surface area (Å²) in [5, 5.41) is 14.0. The summed E-state index contributed by atoms with van der Waals surface area (Å²) in [6.07, 6.45) is 4.50. The zero-order valence-corrected chi connectivity index (χ0v) is 17.3. The molecule has 0 unspecified atom stereocenters.